The van der Waals surface area contributed by atoms with E-state index in [1.807, 2.05) is 17.0 Å². The van der Waals surface area contributed by atoms with Gasteiger partial charge in [-0.25, -0.2) is 13.2 Å². The van der Waals surface area contributed by atoms with Gasteiger partial charge in [0.25, 0.3) is 0 Å². The van der Waals surface area contributed by atoms with Crippen LogP contribution in [0, 0.1) is 34.7 Å². The smallest absolute Gasteiger partial charge is 0.303 e. The number of aromatic nitrogens is 1. The van der Waals surface area contributed by atoms with E-state index < -0.39 is 34.9 Å². The number of hydrogen-bond acceptors (Lipinski definition) is 6. The monoisotopic (exact) mass is 555 g/mol. The largest absolute Gasteiger partial charge is 0.497 e. The van der Waals surface area contributed by atoms with E-state index >= 15 is 0 Å². The zero-order valence-corrected chi connectivity index (χ0v) is 22.2. The van der Waals surface area contributed by atoms with Crippen LogP contribution >= 0.6 is 0 Å². The number of ether oxygens (including phenoxy) is 1. The number of aliphatic carboxylic acids is 1. The molecule has 0 bridgehead atoms. The third kappa shape index (κ3) is 6.73. The number of nitrogens with two attached hydrogens (primary N) is 1. The number of nitrogens with zero attached hydrogens (tertiary/aromatic N) is 2. The van der Waals surface area contributed by atoms with Crippen LogP contribution in [0.15, 0.2) is 36.5 Å². The quantitative estimate of drug-likeness (QED) is 0.263. The van der Waals surface area contributed by atoms with Crippen molar-refractivity contribution in [1.82, 2.24) is 9.88 Å². The number of pyridine rings is 1. The molecule has 1 fully saturated rings. The second kappa shape index (κ2) is 12.7. The molecular formula is C30H32F3N3O4. The lowest BCUT2D eigenvalue weighted by atomic mass is 9.71. The van der Waals surface area contributed by atoms with Gasteiger partial charge in [-0.2, -0.15) is 0 Å². The Morgan fingerprint density at radius 3 is 2.65 bits per heavy atom. The lowest BCUT2D eigenvalue weighted by Gasteiger charge is -2.41. The number of likely N-dealkylation sites (tertiary alicyclic amines) is 1. The van der Waals surface area contributed by atoms with E-state index in [-0.39, 0.29) is 25.1 Å². The Bertz CT molecular complexity index is 1440. The normalized spacial score (nSPS) is 15.8. The predicted molar refractivity (Wildman–Crippen MR) is 144 cm³/mol. The van der Waals surface area contributed by atoms with Crippen LogP contribution in [0.25, 0.3) is 10.9 Å². The maximum atomic E-state index is 13.9. The number of piperidine rings is 1. The minimum atomic E-state index is -1.29. The number of carboxylic acid groups (broad SMARTS) is 1. The van der Waals surface area contributed by atoms with Crippen LogP contribution in [0.2, 0.25) is 0 Å². The summed E-state index contributed by atoms with van der Waals surface area (Å²) in [5.41, 5.74) is 7.17. The van der Waals surface area contributed by atoms with Crippen LogP contribution in [0.1, 0.15) is 54.9 Å². The van der Waals surface area contributed by atoms with Gasteiger partial charge in [-0.05, 0) is 79.6 Å². The summed E-state index contributed by atoms with van der Waals surface area (Å²) in [6.07, 6.45) is 2.67. The van der Waals surface area contributed by atoms with E-state index in [0.29, 0.717) is 67.2 Å². The first kappa shape index (κ1) is 29.3. The first-order valence-electron chi connectivity index (χ1n) is 13.1. The molecule has 10 heteroatoms. The number of aliphatic hydroxyl groups excluding tert-OH is 1. The Kier molecular flexibility index (Phi) is 9.30. The summed E-state index contributed by atoms with van der Waals surface area (Å²) < 4.78 is 46.1. The van der Waals surface area contributed by atoms with Gasteiger partial charge >= 0.3 is 5.97 Å². The average Bonchev–Trinajstić information content (AvgIpc) is 2.94. The van der Waals surface area contributed by atoms with E-state index in [1.165, 1.54) is 0 Å². The maximum absolute atomic E-state index is 13.9. The molecule has 0 radical (unpaired) electrons. The summed E-state index contributed by atoms with van der Waals surface area (Å²) in [5, 5.41) is 21.7. The molecule has 40 heavy (non-hydrogen) atoms. The van der Waals surface area contributed by atoms with Crippen molar-refractivity contribution in [3.63, 3.8) is 0 Å². The molecule has 3 aromatic rings. The molecule has 1 aliphatic heterocycles. The van der Waals surface area contributed by atoms with Gasteiger partial charge in [0.2, 0.25) is 0 Å². The molecule has 4 rings (SSSR count). The number of fused-ring (bicyclic) bond motifs is 1. The third-order valence-electron chi connectivity index (χ3n) is 7.66. The average molecular weight is 556 g/mol. The summed E-state index contributed by atoms with van der Waals surface area (Å²) in [5.74, 6) is 1.58. The lowest BCUT2D eigenvalue weighted by molar-refractivity contribution is -0.141. The fourth-order valence-electron chi connectivity index (χ4n) is 5.42. The predicted octanol–water partition coefficient (Wildman–Crippen LogP) is 4.54. The Balaban J connectivity index is 1.46. The van der Waals surface area contributed by atoms with Gasteiger partial charge in [-0.1, -0.05) is 11.8 Å². The summed E-state index contributed by atoms with van der Waals surface area (Å²) in [4.78, 5) is 18.2. The number of hydrogen-bond donors (Lipinski definition) is 3. The van der Waals surface area contributed by atoms with Crippen LogP contribution in [0.4, 0.5) is 13.2 Å². The van der Waals surface area contributed by atoms with E-state index in [2.05, 4.69) is 16.8 Å². The molecule has 1 unspecified atom stereocenters. The molecule has 1 atom stereocenters. The Morgan fingerprint density at radius 1 is 1.23 bits per heavy atom. The minimum absolute atomic E-state index is 0.0400. The third-order valence-corrected chi connectivity index (χ3v) is 7.66. The second-order valence-corrected chi connectivity index (χ2v) is 10.2. The highest BCUT2D eigenvalue weighted by Crippen LogP contribution is 2.42. The van der Waals surface area contributed by atoms with Gasteiger partial charge in [0.15, 0.2) is 11.6 Å². The molecule has 1 aromatic heterocycles. The topological polar surface area (TPSA) is 109 Å². The maximum Gasteiger partial charge on any atom is 0.303 e. The van der Waals surface area contributed by atoms with Crippen LogP contribution in [0.3, 0.4) is 0 Å². The highest BCUT2D eigenvalue weighted by atomic mass is 19.2. The van der Waals surface area contributed by atoms with Gasteiger partial charge in [0, 0.05) is 24.2 Å². The Labute approximate surface area is 230 Å². The molecule has 1 aliphatic rings. The van der Waals surface area contributed by atoms with Crippen LogP contribution in [-0.4, -0.2) is 52.8 Å². The molecule has 1 saturated heterocycles. The highest BCUT2D eigenvalue weighted by molar-refractivity contribution is 5.85. The van der Waals surface area contributed by atoms with E-state index in [9.17, 15) is 28.2 Å². The summed E-state index contributed by atoms with van der Waals surface area (Å²) in [6, 6.07) is 6.74. The van der Waals surface area contributed by atoms with E-state index in [0.717, 1.165) is 11.5 Å². The summed E-state index contributed by atoms with van der Waals surface area (Å²) >= 11 is 0. The van der Waals surface area contributed by atoms with Crippen molar-refractivity contribution in [2.24, 2.45) is 11.1 Å². The molecule has 0 spiro atoms. The number of halogens is 3. The number of benzene rings is 2. The number of rotatable bonds is 9. The highest BCUT2D eigenvalue weighted by Gasteiger charge is 2.37. The number of carboxylic acids is 1. The molecule has 4 N–H and O–H groups in total. The molecule has 212 valence electrons. The fraction of sp³-hybridized carbons (Fsp3) is 0.400. The van der Waals surface area contributed by atoms with Crippen molar-refractivity contribution in [3.8, 4) is 17.6 Å². The van der Waals surface area contributed by atoms with E-state index in [1.54, 1.807) is 19.4 Å². The van der Waals surface area contributed by atoms with Gasteiger partial charge < -0.3 is 20.7 Å². The summed E-state index contributed by atoms with van der Waals surface area (Å²) in [6.45, 7) is 1.52. The van der Waals surface area contributed by atoms with Crippen LogP contribution in [0.5, 0.6) is 5.75 Å². The first-order valence-corrected chi connectivity index (χ1v) is 13.1. The van der Waals surface area contributed by atoms with Gasteiger partial charge in [-0.15, -0.1) is 0 Å². The van der Waals surface area contributed by atoms with Crippen LogP contribution in [-0.2, 0) is 11.3 Å². The van der Waals surface area contributed by atoms with E-state index in [4.69, 9.17) is 10.5 Å². The van der Waals surface area contributed by atoms with Crippen molar-refractivity contribution in [2.75, 3.05) is 26.7 Å². The number of aliphatic hydroxyl groups is 1. The van der Waals surface area contributed by atoms with Crippen molar-refractivity contribution in [1.29, 1.82) is 0 Å². The molecule has 0 saturated carbocycles. The van der Waals surface area contributed by atoms with Gasteiger partial charge in [0.05, 0.1) is 37.3 Å². The van der Waals surface area contributed by atoms with Crippen molar-refractivity contribution < 1.29 is 32.9 Å². The minimum Gasteiger partial charge on any atom is -0.497 e. The molecule has 2 heterocycles. The zero-order valence-electron chi connectivity index (χ0n) is 22.2. The number of methoxy groups -OCH3 is 1. The van der Waals surface area contributed by atoms with Crippen molar-refractivity contribution in [3.05, 3.63) is 70.7 Å². The zero-order chi connectivity index (χ0) is 28.9. The SMILES string of the molecule is COc1ccc2ncc(CN)c(C(O)CCC3(CC(=O)O)CCN(CC#Cc4cc(F)cc(F)c4F)CC3)c2c1. The van der Waals surface area contributed by atoms with Crippen molar-refractivity contribution in [2.45, 2.75) is 44.8 Å². The van der Waals surface area contributed by atoms with Gasteiger partial charge in [-0.3, -0.25) is 14.7 Å². The first-order chi connectivity index (χ1) is 19.1. The molecule has 2 aromatic carbocycles. The Morgan fingerprint density at radius 2 is 1.98 bits per heavy atom. The Hall–Kier alpha value is -3.65. The molecule has 0 amide bonds. The number of carbonyl (C=O) groups is 1. The summed E-state index contributed by atoms with van der Waals surface area (Å²) in [7, 11) is 1.56. The molecule has 7 nitrogen and oxygen atoms in total. The second-order valence-electron chi connectivity index (χ2n) is 10.2. The standard InChI is InChI=1S/C30H32F3N3O4/c1-40-22-4-5-25-23(15-22)28(20(17-34)18-35-25)26(37)6-7-30(16-27(38)39)8-11-36(12-9-30)10-2-3-19-13-21(31)14-24(32)29(19)33/h4-5,13-15,18,26,37H,6-12,16-17,34H2,1H3,(H,38,39). The van der Waals surface area contributed by atoms with Gasteiger partial charge in [0.1, 0.15) is 11.6 Å². The lowest BCUT2D eigenvalue weighted by Crippen LogP contribution is -2.41. The van der Waals surface area contributed by atoms with Crippen molar-refractivity contribution >= 4 is 16.9 Å². The molecule has 0 aliphatic carbocycles. The fourth-order valence-corrected chi connectivity index (χ4v) is 5.42. The molecular weight excluding hydrogens is 523 g/mol. The van der Waals surface area contributed by atoms with Crippen LogP contribution < -0.4 is 10.5 Å².